The lowest BCUT2D eigenvalue weighted by Gasteiger charge is -2.25. The largest absolute Gasteiger partial charge is 0.508 e. The Hall–Kier alpha value is -3.32. The van der Waals surface area contributed by atoms with E-state index in [9.17, 15) is 19.8 Å². The number of ketones is 1. The van der Waals surface area contributed by atoms with E-state index in [-0.39, 0.29) is 36.3 Å². The maximum absolute atomic E-state index is 12.9. The molecule has 1 aliphatic heterocycles. The Morgan fingerprint density at radius 3 is 2.53 bits per heavy atom. The minimum atomic E-state index is -0.863. The first-order chi connectivity index (χ1) is 14.3. The van der Waals surface area contributed by atoms with Crippen LogP contribution in [0, 0.1) is 0 Å². The second-order valence-electron chi connectivity index (χ2n) is 7.21. The average Bonchev–Trinajstić information content (AvgIpc) is 2.98. The third-order valence-corrected chi connectivity index (χ3v) is 4.87. The average molecular weight is 411 g/mol. The molecule has 1 amide bonds. The Bertz CT molecular complexity index is 981. The van der Waals surface area contributed by atoms with Gasteiger partial charge in [-0.1, -0.05) is 24.3 Å². The number of rotatable bonds is 7. The van der Waals surface area contributed by atoms with Gasteiger partial charge in [-0.25, -0.2) is 0 Å². The molecular formula is C23H25NO6. The van der Waals surface area contributed by atoms with Gasteiger partial charge in [0.2, 0.25) is 0 Å². The molecule has 0 aromatic heterocycles. The number of ether oxygens (including phenoxy) is 2. The van der Waals surface area contributed by atoms with Gasteiger partial charge in [-0.2, -0.15) is 0 Å². The van der Waals surface area contributed by atoms with E-state index in [0.29, 0.717) is 16.9 Å². The molecule has 7 heteroatoms. The van der Waals surface area contributed by atoms with E-state index in [1.807, 2.05) is 13.8 Å². The van der Waals surface area contributed by atoms with E-state index in [1.165, 1.54) is 24.1 Å². The summed E-state index contributed by atoms with van der Waals surface area (Å²) in [5.41, 5.74) is 0.761. The molecule has 1 atom stereocenters. The first kappa shape index (κ1) is 21.4. The summed E-state index contributed by atoms with van der Waals surface area (Å²) in [6.45, 7) is 4.14. The number of aliphatic hydroxyl groups is 1. The van der Waals surface area contributed by atoms with Crippen LogP contribution in [0.4, 0.5) is 0 Å². The zero-order valence-corrected chi connectivity index (χ0v) is 17.2. The van der Waals surface area contributed by atoms with Gasteiger partial charge >= 0.3 is 0 Å². The molecule has 158 valence electrons. The minimum Gasteiger partial charge on any atom is -0.508 e. The summed E-state index contributed by atoms with van der Waals surface area (Å²) in [4.78, 5) is 27.1. The van der Waals surface area contributed by atoms with Gasteiger partial charge in [0.25, 0.3) is 11.7 Å². The van der Waals surface area contributed by atoms with Gasteiger partial charge in [-0.3, -0.25) is 9.59 Å². The number of para-hydroxylation sites is 1. The molecule has 2 aromatic carbocycles. The van der Waals surface area contributed by atoms with E-state index in [2.05, 4.69) is 0 Å². The molecule has 0 radical (unpaired) electrons. The number of carbonyl (C=O) groups excluding carboxylic acids is 2. The van der Waals surface area contributed by atoms with Crippen LogP contribution in [-0.4, -0.2) is 53.2 Å². The van der Waals surface area contributed by atoms with Crippen molar-refractivity contribution >= 4 is 17.4 Å². The molecule has 1 heterocycles. The van der Waals surface area contributed by atoms with Gasteiger partial charge < -0.3 is 24.6 Å². The van der Waals surface area contributed by atoms with Gasteiger partial charge in [-0.05, 0) is 43.7 Å². The standard InChI is InChI=1S/C23H25NO6/c1-14(2)30-12-11-24-20(15-7-6-8-16(25)13-15)19(22(27)23(24)28)21(26)17-9-4-5-10-18(17)29-3/h4-10,13-14,20,25-26H,11-12H2,1-3H3/b21-19-. The monoisotopic (exact) mass is 411 g/mol. The molecule has 1 fully saturated rings. The summed E-state index contributed by atoms with van der Waals surface area (Å²) in [6, 6.07) is 12.1. The van der Waals surface area contributed by atoms with Gasteiger partial charge in [0.1, 0.15) is 17.3 Å². The molecule has 1 aliphatic rings. The summed E-state index contributed by atoms with van der Waals surface area (Å²) >= 11 is 0. The highest BCUT2D eigenvalue weighted by atomic mass is 16.5. The molecule has 2 N–H and O–H groups in total. The first-order valence-electron chi connectivity index (χ1n) is 9.67. The lowest BCUT2D eigenvalue weighted by molar-refractivity contribution is -0.140. The number of amides is 1. The lowest BCUT2D eigenvalue weighted by Crippen LogP contribution is -2.33. The molecule has 0 bridgehead atoms. The van der Waals surface area contributed by atoms with Crippen molar-refractivity contribution in [3.63, 3.8) is 0 Å². The number of aliphatic hydroxyl groups excluding tert-OH is 1. The summed E-state index contributed by atoms with van der Waals surface area (Å²) in [5.74, 6) is -1.48. The Balaban J connectivity index is 2.14. The van der Waals surface area contributed by atoms with Crippen molar-refractivity contribution in [3.05, 3.63) is 65.2 Å². The van der Waals surface area contributed by atoms with Crippen LogP contribution in [-0.2, 0) is 14.3 Å². The van der Waals surface area contributed by atoms with Crippen molar-refractivity contribution in [3.8, 4) is 11.5 Å². The van der Waals surface area contributed by atoms with Crippen LogP contribution in [0.2, 0.25) is 0 Å². The van der Waals surface area contributed by atoms with Crippen molar-refractivity contribution in [2.75, 3.05) is 20.3 Å². The second-order valence-corrected chi connectivity index (χ2v) is 7.21. The SMILES string of the molecule is COc1ccccc1/C(O)=C1/C(=O)C(=O)N(CCOC(C)C)C1c1cccc(O)c1. The molecule has 30 heavy (non-hydrogen) atoms. The maximum atomic E-state index is 12.9. The number of benzene rings is 2. The molecule has 0 aliphatic carbocycles. The Morgan fingerprint density at radius 1 is 1.13 bits per heavy atom. The highest BCUT2D eigenvalue weighted by Crippen LogP contribution is 2.41. The van der Waals surface area contributed by atoms with E-state index in [4.69, 9.17) is 9.47 Å². The predicted octanol–water partition coefficient (Wildman–Crippen LogP) is 3.25. The summed E-state index contributed by atoms with van der Waals surface area (Å²) < 4.78 is 10.9. The molecular weight excluding hydrogens is 386 g/mol. The summed E-state index contributed by atoms with van der Waals surface area (Å²) in [6.07, 6.45) is -0.0328. The number of hydrogen-bond donors (Lipinski definition) is 2. The van der Waals surface area contributed by atoms with Crippen LogP contribution >= 0.6 is 0 Å². The fourth-order valence-electron chi connectivity index (χ4n) is 3.52. The summed E-state index contributed by atoms with van der Waals surface area (Å²) in [7, 11) is 1.46. The molecule has 0 spiro atoms. The number of carbonyl (C=O) groups is 2. The number of methoxy groups -OCH3 is 1. The van der Waals surface area contributed by atoms with Crippen LogP contribution in [0.1, 0.15) is 31.0 Å². The van der Waals surface area contributed by atoms with Crippen LogP contribution in [0.15, 0.2) is 54.1 Å². The first-order valence-corrected chi connectivity index (χ1v) is 9.67. The molecule has 7 nitrogen and oxygen atoms in total. The second kappa shape index (κ2) is 9.00. The van der Waals surface area contributed by atoms with Gasteiger partial charge in [0.05, 0.1) is 37.0 Å². The summed E-state index contributed by atoms with van der Waals surface area (Å²) in [5, 5.41) is 21.0. The number of Topliss-reactive ketones (excluding diaryl/α,β-unsaturated/α-hetero) is 1. The number of hydrogen-bond acceptors (Lipinski definition) is 6. The van der Waals surface area contributed by atoms with Crippen molar-refractivity contribution < 1.29 is 29.3 Å². The van der Waals surface area contributed by atoms with Crippen molar-refractivity contribution in [2.24, 2.45) is 0 Å². The third-order valence-electron chi connectivity index (χ3n) is 4.87. The van der Waals surface area contributed by atoms with Crippen LogP contribution in [0.3, 0.4) is 0 Å². The molecule has 1 saturated heterocycles. The number of nitrogens with zero attached hydrogens (tertiary/aromatic N) is 1. The molecule has 3 rings (SSSR count). The van der Waals surface area contributed by atoms with E-state index < -0.39 is 17.7 Å². The van der Waals surface area contributed by atoms with Crippen LogP contribution in [0.5, 0.6) is 11.5 Å². The topological polar surface area (TPSA) is 96.3 Å². The predicted molar refractivity (Wildman–Crippen MR) is 111 cm³/mol. The Labute approximate surface area is 175 Å². The van der Waals surface area contributed by atoms with Crippen molar-refractivity contribution in [2.45, 2.75) is 26.0 Å². The zero-order chi connectivity index (χ0) is 21.8. The maximum Gasteiger partial charge on any atom is 0.295 e. The van der Waals surface area contributed by atoms with Crippen molar-refractivity contribution in [1.29, 1.82) is 0 Å². The third kappa shape index (κ3) is 4.16. The molecule has 0 saturated carbocycles. The lowest BCUT2D eigenvalue weighted by atomic mass is 9.95. The number of phenols is 1. The fourth-order valence-corrected chi connectivity index (χ4v) is 3.52. The van der Waals surface area contributed by atoms with Crippen molar-refractivity contribution in [1.82, 2.24) is 4.90 Å². The minimum absolute atomic E-state index is 0.00573. The van der Waals surface area contributed by atoms with Crippen LogP contribution < -0.4 is 4.74 Å². The molecule has 2 aromatic rings. The Morgan fingerprint density at radius 2 is 1.87 bits per heavy atom. The van der Waals surface area contributed by atoms with Gasteiger partial charge in [0.15, 0.2) is 0 Å². The molecule has 1 unspecified atom stereocenters. The highest BCUT2D eigenvalue weighted by molar-refractivity contribution is 6.46. The van der Waals surface area contributed by atoms with E-state index in [1.54, 1.807) is 36.4 Å². The van der Waals surface area contributed by atoms with Gasteiger partial charge in [0, 0.05) is 6.54 Å². The van der Waals surface area contributed by atoms with E-state index in [0.717, 1.165) is 0 Å². The van der Waals surface area contributed by atoms with E-state index >= 15 is 0 Å². The quantitative estimate of drug-likeness (QED) is 0.413. The smallest absolute Gasteiger partial charge is 0.295 e. The number of likely N-dealkylation sites (tertiary alicyclic amines) is 1. The fraction of sp³-hybridized carbons (Fsp3) is 0.304. The number of aromatic hydroxyl groups is 1. The number of phenolic OH excluding ortho intramolecular Hbond substituents is 1. The highest BCUT2D eigenvalue weighted by Gasteiger charge is 2.46. The van der Waals surface area contributed by atoms with Gasteiger partial charge in [-0.15, -0.1) is 0 Å². The van der Waals surface area contributed by atoms with Crippen LogP contribution in [0.25, 0.3) is 5.76 Å². The zero-order valence-electron chi connectivity index (χ0n) is 17.2. The Kier molecular flexibility index (Phi) is 6.42. The normalized spacial score (nSPS) is 18.3.